The Balaban J connectivity index is 2.42. The molecule has 1 fully saturated rings. The van der Waals surface area contributed by atoms with Crippen LogP contribution in [0.15, 0.2) is 0 Å². The number of carbonyl (C=O) groups is 1. The number of alkyl halides is 3. The maximum absolute atomic E-state index is 12.4. The smallest absolute Gasteiger partial charge is 0.391 e. The molecule has 0 amide bonds. The standard InChI is InChI=1S/C10H16F3NO4S/c11-10(12,13)7-1-3-8(4-2-7)14-19(17,18)6-5-9(15)16/h7-8,14H,1-6H2,(H,15,16). The van der Waals surface area contributed by atoms with Gasteiger partial charge in [0.15, 0.2) is 0 Å². The molecule has 112 valence electrons. The maximum Gasteiger partial charge on any atom is 0.391 e. The van der Waals surface area contributed by atoms with Crippen LogP contribution < -0.4 is 4.72 Å². The Labute approximate surface area is 109 Å². The van der Waals surface area contributed by atoms with Crippen molar-refractivity contribution in [3.05, 3.63) is 0 Å². The summed E-state index contributed by atoms with van der Waals surface area (Å²) >= 11 is 0. The number of carboxylic acids is 1. The summed E-state index contributed by atoms with van der Waals surface area (Å²) in [6.45, 7) is 0. The lowest BCUT2D eigenvalue weighted by Crippen LogP contribution is -2.41. The van der Waals surface area contributed by atoms with Crippen LogP contribution >= 0.6 is 0 Å². The minimum Gasteiger partial charge on any atom is -0.481 e. The monoisotopic (exact) mass is 303 g/mol. The lowest BCUT2D eigenvalue weighted by Gasteiger charge is -2.30. The number of rotatable bonds is 5. The average molecular weight is 303 g/mol. The SMILES string of the molecule is O=C(O)CCS(=O)(=O)NC1CCC(C(F)(F)F)CC1. The maximum atomic E-state index is 12.4. The molecule has 5 nitrogen and oxygen atoms in total. The Morgan fingerprint density at radius 1 is 1.21 bits per heavy atom. The predicted molar refractivity (Wildman–Crippen MR) is 61.0 cm³/mol. The summed E-state index contributed by atoms with van der Waals surface area (Å²) in [4.78, 5) is 10.3. The molecule has 0 spiro atoms. The Morgan fingerprint density at radius 2 is 1.74 bits per heavy atom. The summed E-state index contributed by atoms with van der Waals surface area (Å²) in [6.07, 6.45) is -4.71. The fourth-order valence-electron chi connectivity index (χ4n) is 2.07. The van der Waals surface area contributed by atoms with Gasteiger partial charge in [-0.05, 0) is 25.7 Å². The molecule has 1 saturated carbocycles. The van der Waals surface area contributed by atoms with Gasteiger partial charge in [0, 0.05) is 6.04 Å². The summed E-state index contributed by atoms with van der Waals surface area (Å²) in [5, 5.41) is 8.39. The van der Waals surface area contributed by atoms with Crippen molar-refractivity contribution >= 4 is 16.0 Å². The van der Waals surface area contributed by atoms with Crippen LogP contribution in [0.1, 0.15) is 32.1 Å². The molecule has 0 unspecified atom stereocenters. The quantitative estimate of drug-likeness (QED) is 0.806. The van der Waals surface area contributed by atoms with E-state index in [9.17, 15) is 26.4 Å². The van der Waals surface area contributed by atoms with E-state index in [2.05, 4.69) is 4.72 Å². The zero-order valence-corrected chi connectivity index (χ0v) is 10.9. The molecule has 0 aliphatic heterocycles. The molecule has 0 aromatic heterocycles. The van der Waals surface area contributed by atoms with Gasteiger partial charge in [-0.15, -0.1) is 0 Å². The average Bonchev–Trinajstić information content (AvgIpc) is 2.25. The van der Waals surface area contributed by atoms with Crippen molar-refractivity contribution in [1.29, 1.82) is 0 Å². The van der Waals surface area contributed by atoms with Crippen LogP contribution in [0.2, 0.25) is 0 Å². The zero-order chi connectivity index (χ0) is 14.7. The fourth-order valence-corrected chi connectivity index (χ4v) is 3.38. The minimum absolute atomic E-state index is 0.102. The Hall–Kier alpha value is -0.830. The van der Waals surface area contributed by atoms with Gasteiger partial charge in [0.1, 0.15) is 0 Å². The second kappa shape index (κ2) is 6.08. The molecule has 0 bridgehead atoms. The minimum atomic E-state index is -4.23. The third-order valence-corrected chi connectivity index (χ3v) is 4.56. The molecule has 2 N–H and O–H groups in total. The van der Waals surface area contributed by atoms with Crippen molar-refractivity contribution in [3.63, 3.8) is 0 Å². The van der Waals surface area contributed by atoms with E-state index in [-0.39, 0.29) is 25.7 Å². The van der Waals surface area contributed by atoms with Gasteiger partial charge >= 0.3 is 12.1 Å². The summed E-state index contributed by atoms with van der Waals surface area (Å²) in [5.41, 5.74) is 0. The van der Waals surface area contributed by atoms with E-state index in [1.165, 1.54) is 0 Å². The number of hydrogen-bond acceptors (Lipinski definition) is 3. The highest BCUT2D eigenvalue weighted by molar-refractivity contribution is 7.89. The second-order valence-corrected chi connectivity index (χ2v) is 6.54. The van der Waals surface area contributed by atoms with E-state index in [1.807, 2.05) is 0 Å². The summed E-state index contributed by atoms with van der Waals surface area (Å²) < 4.78 is 62.5. The molecule has 1 aliphatic rings. The van der Waals surface area contributed by atoms with E-state index in [1.54, 1.807) is 0 Å². The molecule has 1 aliphatic carbocycles. The molecule has 0 atom stereocenters. The molecule has 0 aromatic carbocycles. The van der Waals surface area contributed by atoms with E-state index in [0.29, 0.717) is 0 Å². The molecule has 0 radical (unpaired) electrons. The lowest BCUT2D eigenvalue weighted by molar-refractivity contribution is -0.182. The molecule has 9 heteroatoms. The summed E-state index contributed by atoms with van der Waals surface area (Å²) in [5.74, 6) is -3.15. The van der Waals surface area contributed by atoms with Gasteiger partial charge in [0.25, 0.3) is 0 Å². The van der Waals surface area contributed by atoms with Crippen molar-refractivity contribution in [2.75, 3.05) is 5.75 Å². The van der Waals surface area contributed by atoms with Crippen LogP contribution in [0.25, 0.3) is 0 Å². The van der Waals surface area contributed by atoms with Crippen molar-refractivity contribution in [3.8, 4) is 0 Å². The molecule has 0 saturated heterocycles. The molecule has 0 aromatic rings. The first-order valence-electron chi connectivity index (χ1n) is 5.88. The molecule has 1 rings (SSSR count). The summed E-state index contributed by atoms with van der Waals surface area (Å²) in [7, 11) is -3.74. The topological polar surface area (TPSA) is 83.5 Å². The van der Waals surface area contributed by atoms with Crippen molar-refractivity contribution in [1.82, 2.24) is 4.72 Å². The molecule has 19 heavy (non-hydrogen) atoms. The number of halogens is 3. The highest BCUT2D eigenvalue weighted by atomic mass is 32.2. The predicted octanol–water partition coefficient (Wildman–Crippen LogP) is 1.50. The third kappa shape index (κ3) is 5.77. The highest BCUT2D eigenvalue weighted by Crippen LogP contribution is 2.37. The molecule has 0 heterocycles. The van der Waals surface area contributed by atoms with Crippen molar-refractivity contribution < 1.29 is 31.5 Å². The van der Waals surface area contributed by atoms with Gasteiger partial charge in [-0.2, -0.15) is 13.2 Å². The second-order valence-electron chi connectivity index (χ2n) is 4.67. The van der Waals surface area contributed by atoms with E-state index in [4.69, 9.17) is 5.11 Å². The number of hydrogen-bond donors (Lipinski definition) is 2. The van der Waals surface area contributed by atoms with Crippen LogP contribution in [0, 0.1) is 5.92 Å². The zero-order valence-electron chi connectivity index (χ0n) is 10.1. The van der Waals surface area contributed by atoms with Gasteiger partial charge < -0.3 is 5.11 Å². The summed E-state index contributed by atoms with van der Waals surface area (Å²) in [6, 6.07) is -0.530. The fraction of sp³-hybridized carbons (Fsp3) is 0.900. The first-order chi connectivity index (χ1) is 8.60. The van der Waals surface area contributed by atoms with Gasteiger partial charge in [-0.25, -0.2) is 13.1 Å². The number of carboxylic acid groups (broad SMARTS) is 1. The van der Waals surface area contributed by atoms with Crippen LogP contribution in [-0.2, 0) is 14.8 Å². The molecular weight excluding hydrogens is 287 g/mol. The normalized spacial score (nSPS) is 25.2. The Bertz CT molecular complexity index is 413. The Kier molecular flexibility index (Phi) is 5.19. The van der Waals surface area contributed by atoms with Gasteiger partial charge in [-0.3, -0.25) is 4.79 Å². The van der Waals surface area contributed by atoms with Crippen LogP contribution in [-0.4, -0.2) is 37.5 Å². The van der Waals surface area contributed by atoms with Crippen molar-refractivity contribution in [2.24, 2.45) is 5.92 Å². The van der Waals surface area contributed by atoms with Crippen LogP contribution in [0.3, 0.4) is 0 Å². The van der Waals surface area contributed by atoms with Crippen molar-refractivity contribution in [2.45, 2.75) is 44.3 Å². The first kappa shape index (κ1) is 16.2. The van der Waals surface area contributed by atoms with E-state index in [0.717, 1.165) is 0 Å². The number of aliphatic carboxylic acids is 1. The van der Waals surface area contributed by atoms with E-state index >= 15 is 0 Å². The van der Waals surface area contributed by atoms with Crippen LogP contribution in [0.5, 0.6) is 0 Å². The Morgan fingerprint density at radius 3 is 2.16 bits per heavy atom. The largest absolute Gasteiger partial charge is 0.481 e. The van der Waals surface area contributed by atoms with Gasteiger partial charge in [-0.1, -0.05) is 0 Å². The third-order valence-electron chi connectivity index (χ3n) is 3.12. The first-order valence-corrected chi connectivity index (χ1v) is 7.54. The lowest BCUT2D eigenvalue weighted by atomic mass is 9.86. The number of sulfonamides is 1. The number of nitrogens with one attached hydrogen (secondary N) is 1. The van der Waals surface area contributed by atoms with Gasteiger partial charge in [0.05, 0.1) is 18.1 Å². The van der Waals surface area contributed by atoms with Gasteiger partial charge in [0.2, 0.25) is 10.0 Å². The van der Waals surface area contributed by atoms with E-state index < -0.39 is 46.3 Å². The highest BCUT2D eigenvalue weighted by Gasteiger charge is 2.41. The van der Waals surface area contributed by atoms with Crippen LogP contribution in [0.4, 0.5) is 13.2 Å². The molecular formula is C10H16F3NO4S.